The number of aromatic nitrogens is 2. The maximum absolute atomic E-state index is 12.4. The molecule has 38 heavy (non-hydrogen) atoms. The van der Waals surface area contributed by atoms with Crippen molar-refractivity contribution in [2.45, 2.75) is 65.1 Å². The smallest absolute Gasteiger partial charge is 0.317 e. The number of fused-ring (bicyclic) bond motifs is 1. The fourth-order valence-corrected chi connectivity index (χ4v) is 6.23. The molecule has 4 heterocycles. The van der Waals surface area contributed by atoms with Crippen LogP contribution in [0, 0.1) is 5.92 Å². The van der Waals surface area contributed by atoms with Crippen LogP contribution < -0.4 is 10.2 Å². The van der Waals surface area contributed by atoms with E-state index in [-0.39, 0.29) is 17.7 Å². The largest absolute Gasteiger partial charge is 0.373 e. The van der Waals surface area contributed by atoms with Gasteiger partial charge in [-0.3, -0.25) is 4.90 Å². The Labute approximate surface area is 227 Å². The van der Waals surface area contributed by atoms with Gasteiger partial charge in [0, 0.05) is 81.8 Å². The van der Waals surface area contributed by atoms with Gasteiger partial charge in [-0.05, 0) is 65.2 Å². The summed E-state index contributed by atoms with van der Waals surface area (Å²) in [7, 11) is 0. The number of piperazine rings is 1. The zero-order valence-corrected chi connectivity index (χ0v) is 23.7. The van der Waals surface area contributed by atoms with E-state index in [0.717, 1.165) is 51.1 Å². The molecule has 0 saturated carbocycles. The van der Waals surface area contributed by atoms with E-state index in [2.05, 4.69) is 77.5 Å². The molecule has 1 unspecified atom stereocenters. The molecule has 5 rings (SSSR count). The number of carbonyl (C=O) groups is 1. The Hall–Kier alpha value is -2.84. The van der Waals surface area contributed by atoms with Crippen LogP contribution in [-0.2, 0) is 4.74 Å². The Bertz CT molecular complexity index is 1190. The van der Waals surface area contributed by atoms with Crippen LogP contribution in [0.2, 0.25) is 0 Å². The molecule has 0 bridgehead atoms. The van der Waals surface area contributed by atoms with E-state index in [1.54, 1.807) is 0 Å². The molecule has 2 atom stereocenters. The standard InChI is InChI=1S/C30H44N6O2/c1-6-38-30(12-14-35(21-30)23(4)5)26-9-7-24(8-10-26)25-19-28-27(11-13-31-36(28)20-25)33-15-17-34(18-16-33)29(37)32-22(2)3/h7-9,11,13,19-20,22-23,26H,6,10,12,14-18,21H2,1-5H3,(H,32,37)/t26?,30-/m1/s1. The quantitative estimate of drug-likeness (QED) is 0.586. The Morgan fingerprint density at radius 2 is 1.97 bits per heavy atom. The first kappa shape index (κ1) is 26.8. The van der Waals surface area contributed by atoms with Crippen molar-refractivity contribution >= 4 is 22.8 Å². The number of urea groups is 1. The Balaban J connectivity index is 1.29. The topological polar surface area (TPSA) is 65.3 Å². The number of nitrogens with one attached hydrogen (secondary N) is 1. The van der Waals surface area contributed by atoms with Crippen molar-refractivity contribution < 1.29 is 9.53 Å². The third-order valence-electron chi connectivity index (χ3n) is 8.37. The van der Waals surface area contributed by atoms with Crippen molar-refractivity contribution in [3.8, 4) is 0 Å². The van der Waals surface area contributed by atoms with Crippen LogP contribution in [0.15, 0.2) is 42.8 Å². The zero-order valence-electron chi connectivity index (χ0n) is 23.7. The lowest BCUT2D eigenvalue weighted by molar-refractivity contribution is -0.0616. The molecule has 1 N–H and O–H groups in total. The van der Waals surface area contributed by atoms with Crippen LogP contribution in [0.3, 0.4) is 0 Å². The summed E-state index contributed by atoms with van der Waals surface area (Å²) < 4.78 is 8.44. The molecule has 2 fully saturated rings. The van der Waals surface area contributed by atoms with Crippen LogP contribution >= 0.6 is 0 Å². The number of nitrogens with zero attached hydrogens (tertiary/aromatic N) is 5. The monoisotopic (exact) mass is 520 g/mol. The highest BCUT2D eigenvalue weighted by atomic mass is 16.5. The first-order valence-electron chi connectivity index (χ1n) is 14.3. The number of likely N-dealkylation sites (tertiary alicyclic amines) is 1. The van der Waals surface area contributed by atoms with E-state index >= 15 is 0 Å². The van der Waals surface area contributed by atoms with Gasteiger partial charge >= 0.3 is 6.03 Å². The van der Waals surface area contributed by atoms with Crippen molar-refractivity contribution in [2.75, 3.05) is 50.8 Å². The van der Waals surface area contributed by atoms with Crippen LogP contribution in [0.4, 0.5) is 10.5 Å². The molecular weight excluding hydrogens is 476 g/mol. The molecular formula is C30H44N6O2. The normalized spacial score (nSPS) is 24.6. The summed E-state index contributed by atoms with van der Waals surface area (Å²) in [6.45, 7) is 16.6. The summed E-state index contributed by atoms with van der Waals surface area (Å²) >= 11 is 0. The van der Waals surface area contributed by atoms with E-state index in [0.29, 0.717) is 25.0 Å². The number of ether oxygens (including phenoxy) is 1. The molecule has 2 aromatic heterocycles. The second kappa shape index (κ2) is 11.1. The maximum atomic E-state index is 12.4. The molecule has 0 spiro atoms. The van der Waals surface area contributed by atoms with Gasteiger partial charge in [0.2, 0.25) is 0 Å². The van der Waals surface area contributed by atoms with Crippen molar-refractivity contribution in [3.63, 3.8) is 0 Å². The van der Waals surface area contributed by atoms with Gasteiger partial charge < -0.3 is 19.9 Å². The molecule has 2 amide bonds. The van der Waals surface area contributed by atoms with Crippen LogP contribution in [0.5, 0.6) is 0 Å². The van der Waals surface area contributed by atoms with E-state index in [9.17, 15) is 4.79 Å². The van der Waals surface area contributed by atoms with Crippen LogP contribution in [0.25, 0.3) is 11.1 Å². The first-order valence-corrected chi connectivity index (χ1v) is 14.3. The summed E-state index contributed by atoms with van der Waals surface area (Å²) in [5, 5.41) is 7.61. The van der Waals surface area contributed by atoms with Crippen molar-refractivity contribution in [2.24, 2.45) is 5.92 Å². The second-order valence-electron chi connectivity index (χ2n) is 11.5. The first-order chi connectivity index (χ1) is 18.3. The average Bonchev–Trinajstić information content (AvgIpc) is 3.54. The van der Waals surface area contributed by atoms with Gasteiger partial charge in [-0.25, -0.2) is 9.31 Å². The summed E-state index contributed by atoms with van der Waals surface area (Å²) in [6.07, 6.45) is 13.1. The third-order valence-corrected chi connectivity index (χ3v) is 8.37. The van der Waals surface area contributed by atoms with Gasteiger partial charge in [0.05, 0.1) is 16.8 Å². The highest BCUT2D eigenvalue weighted by Gasteiger charge is 2.45. The minimum atomic E-state index is -0.0913. The number of anilines is 1. The predicted molar refractivity (Wildman–Crippen MR) is 154 cm³/mol. The van der Waals surface area contributed by atoms with Gasteiger partial charge in [0.25, 0.3) is 0 Å². The Kier molecular flexibility index (Phi) is 7.82. The van der Waals surface area contributed by atoms with Gasteiger partial charge in [0.15, 0.2) is 0 Å². The number of amides is 2. The van der Waals surface area contributed by atoms with Gasteiger partial charge in [-0.1, -0.05) is 18.2 Å². The fraction of sp³-hybridized carbons (Fsp3) is 0.600. The van der Waals surface area contributed by atoms with Gasteiger partial charge in [0.1, 0.15) is 0 Å². The molecule has 2 aromatic rings. The molecule has 8 nitrogen and oxygen atoms in total. The van der Waals surface area contributed by atoms with E-state index in [1.165, 1.54) is 16.8 Å². The zero-order chi connectivity index (χ0) is 26.9. The highest BCUT2D eigenvalue weighted by molar-refractivity contribution is 5.83. The Morgan fingerprint density at radius 1 is 1.18 bits per heavy atom. The van der Waals surface area contributed by atoms with Crippen LogP contribution in [-0.4, -0.2) is 89.0 Å². The summed E-state index contributed by atoms with van der Waals surface area (Å²) in [6, 6.07) is 5.07. The number of rotatable bonds is 7. The lowest BCUT2D eigenvalue weighted by Crippen LogP contribution is -2.53. The third kappa shape index (κ3) is 5.34. The Morgan fingerprint density at radius 3 is 2.61 bits per heavy atom. The molecule has 3 aliphatic rings. The maximum Gasteiger partial charge on any atom is 0.317 e. The molecule has 8 heteroatoms. The fourth-order valence-electron chi connectivity index (χ4n) is 6.23. The van der Waals surface area contributed by atoms with Crippen molar-refractivity contribution in [3.05, 3.63) is 48.3 Å². The average molecular weight is 521 g/mol. The molecule has 2 saturated heterocycles. The number of carbonyl (C=O) groups excluding carboxylic acids is 1. The van der Waals surface area contributed by atoms with Crippen molar-refractivity contribution in [1.29, 1.82) is 0 Å². The number of hydrogen-bond acceptors (Lipinski definition) is 5. The van der Waals surface area contributed by atoms with Gasteiger partial charge in [-0.2, -0.15) is 5.10 Å². The van der Waals surface area contributed by atoms with E-state index in [4.69, 9.17) is 4.74 Å². The van der Waals surface area contributed by atoms with Crippen LogP contribution in [0.1, 0.15) is 53.0 Å². The lowest BCUT2D eigenvalue weighted by Gasteiger charge is -2.37. The van der Waals surface area contributed by atoms with Gasteiger partial charge in [-0.15, -0.1) is 0 Å². The SMILES string of the molecule is CCO[C@]1(C2C=CC(c3cc4c(N5CCN(C(=O)NC(C)C)CC5)ccnn4c3)=CC2)CCN(C(C)C)C1. The minimum absolute atomic E-state index is 0.0273. The molecule has 2 aliphatic heterocycles. The lowest BCUT2D eigenvalue weighted by atomic mass is 9.80. The van der Waals surface area contributed by atoms with Crippen molar-refractivity contribution in [1.82, 2.24) is 24.7 Å². The summed E-state index contributed by atoms with van der Waals surface area (Å²) in [5.74, 6) is 0.393. The predicted octanol–water partition coefficient (Wildman–Crippen LogP) is 4.42. The highest BCUT2D eigenvalue weighted by Crippen LogP contribution is 2.40. The summed E-state index contributed by atoms with van der Waals surface area (Å²) in [5.41, 5.74) is 4.62. The van der Waals surface area contributed by atoms with E-state index < -0.39 is 0 Å². The molecule has 1 aliphatic carbocycles. The second-order valence-corrected chi connectivity index (χ2v) is 11.5. The molecule has 0 radical (unpaired) electrons. The number of allylic oxidation sites excluding steroid dienone is 3. The number of hydrogen-bond donors (Lipinski definition) is 1. The minimum Gasteiger partial charge on any atom is -0.373 e. The molecule has 0 aromatic carbocycles. The molecule has 206 valence electrons. The summed E-state index contributed by atoms with van der Waals surface area (Å²) in [4.78, 5) is 19.2. The van der Waals surface area contributed by atoms with E-state index in [1.807, 2.05) is 29.5 Å².